The number of phosphoric acid groups is 1. The second kappa shape index (κ2) is 14.9. The molecule has 0 aliphatic carbocycles. The van der Waals surface area contributed by atoms with E-state index in [4.69, 9.17) is 14.5 Å². The molecule has 7 heteroatoms. The molecule has 0 heterocycles. The fraction of sp³-hybridized carbons (Fsp3) is 0.812. The van der Waals surface area contributed by atoms with Gasteiger partial charge in [0.2, 0.25) is 0 Å². The quantitative estimate of drug-likeness (QED) is 0.188. The summed E-state index contributed by atoms with van der Waals surface area (Å²) in [7, 11) is -4.29. The van der Waals surface area contributed by atoms with E-state index in [0.717, 1.165) is 32.1 Å². The van der Waals surface area contributed by atoms with Crippen LogP contribution in [-0.4, -0.2) is 29.0 Å². The molecule has 0 atom stereocenters. The van der Waals surface area contributed by atoms with Crippen molar-refractivity contribution in [2.24, 2.45) is 0 Å². The van der Waals surface area contributed by atoms with Gasteiger partial charge in [0.25, 0.3) is 0 Å². The summed E-state index contributed by atoms with van der Waals surface area (Å²) >= 11 is 0. The van der Waals surface area contributed by atoms with Crippen LogP contribution in [0.1, 0.15) is 70.6 Å². The Hall–Kier alpha value is -0.680. The average molecular weight is 350 g/mol. The first-order valence-corrected chi connectivity index (χ1v) is 9.98. The minimum Gasteiger partial charge on any atom is -0.463 e. The van der Waals surface area contributed by atoms with Crippen molar-refractivity contribution in [3.8, 4) is 0 Å². The first kappa shape index (κ1) is 22.3. The van der Waals surface area contributed by atoms with Crippen LogP contribution in [0.4, 0.5) is 0 Å². The molecule has 0 aromatic carbocycles. The topological polar surface area (TPSA) is 93.1 Å². The van der Waals surface area contributed by atoms with Crippen LogP contribution in [-0.2, 0) is 18.6 Å². The zero-order valence-corrected chi connectivity index (χ0v) is 14.8. The lowest BCUT2D eigenvalue weighted by Gasteiger charge is -2.05. The fourth-order valence-corrected chi connectivity index (χ4v) is 2.58. The lowest BCUT2D eigenvalue weighted by molar-refractivity contribution is -0.137. The molecule has 0 aromatic rings. The number of carbonyl (C=O) groups is 1. The third kappa shape index (κ3) is 19.3. The molecule has 0 aliphatic rings. The van der Waals surface area contributed by atoms with Gasteiger partial charge in [-0.25, -0.2) is 9.36 Å². The molecule has 0 saturated carbocycles. The summed E-state index contributed by atoms with van der Waals surface area (Å²) in [5.41, 5.74) is 0. The van der Waals surface area contributed by atoms with E-state index in [1.54, 1.807) is 0 Å². The molecule has 136 valence electrons. The Morgan fingerprint density at radius 1 is 0.826 bits per heavy atom. The molecular formula is C16H31O6P. The first-order valence-electron chi connectivity index (χ1n) is 8.45. The number of unbranched alkanes of at least 4 members (excludes halogenated alkanes) is 10. The van der Waals surface area contributed by atoms with E-state index in [0.29, 0.717) is 13.0 Å². The number of hydrogen-bond acceptors (Lipinski definition) is 4. The fourth-order valence-electron chi connectivity index (χ4n) is 2.21. The van der Waals surface area contributed by atoms with Crippen LogP contribution >= 0.6 is 7.82 Å². The molecule has 0 aliphatic heterocycles. The van der Waals surface area contributed by atoms with Crippen LogP contribution in [0.3, 0.4) is 0 Å². The lowest BCUT2D eigenvalue weighted by atomic mass is 10.1. The maximum atomic E-state index is 10.8. The van der Waals surface area contributed by atoms with E-state index < -0.39 is 7.82 Å². The van der Waals surface area contributed by atoms with Crippen LogP contribution in [0.2, 0.25) is 0 Å². The van der Waals surface area contributed by atoms with Crippen molar-refractivity contribution in [3.63, 3.8) is 0 Å². The molecule has 0 amide bonds. The van der Waals surface area contributed by atoms with Crippen molar-refractivity contribution in [1.29, 1.82) is 0 Å². The molecule has 6 nitrogen and oxygen atoms in total. The SMILES string of the molecule is C=CC(=O)OCCCCCCCCCCCCCOP(=O)(O)O. The second-order valence-electron chi connectivity index (χ2n) is 5.58. The number of phosphoric ester groups is 1. The minimum atomic E-state index is -4.29. The standard InChI is InChI=1S/C16H31O6P/c1-2-16(17)21-14-12-10-8-6-4-3-5-7-9-11-13-15-22-23(18,19)20/h2H,1,3-15H2,(H2,18,19,20). The molecule has 0 spiro atoms. The smallest absolute Gasteiger partial charge is 0.463 e. The van der Waals surface area contributed by atoms with E-state index in [1.165, 1.54) is 38.2 Å². The zero-order valence-electron chi connectivity index (χ0n) is 14.0. The van der Waals surface area contributed by atoms with Gasteiger partial charge in [-0.2, -0.15) is 0 Å². The van der Waals surface area contributed by atoms with E-state index in [-0.39, 0.29) is 12.6 Å². The van der Waals surface area contributed by atoms with Gasteiger partial charge in [0.15, 0.2) is 0 Å². The highest BCUT2D eigenvalue weighted by atomic mass is 31.2. The highest BCUT2D eigenvalue weighted by Gasteiger charge is 2.12. The summed E-state index contributed by atoms with van der Waals surface area (Å²) in [6.07, 6.45) is 13.1. The molecular weight excluding hydrogens is 319 g/mol. The number of rotatable bonds is 16. The second-order valence-corrected chi connectivity index (χ2v) is 6.82. The van der Waals surface area contributed by atoms with Crippen molar-refractivity contribution >= 4 is 13.8 Å². The lowest BCUT2D eigenvalue weighted by Crippen LogP contribution is -2.01. The Morgan fingerprint density at radius 2 is 1.22 bits per heavy atom. The Morgan fingerprint density at radius 3 is 1.61 bits per heavy atom. The summed E-state index contributed by atoms with van der Waals surface area (Å²) < 4.78 is 19.7. The summed E-state index contributed by atoms with van der Waals surface area (Å²) in [4.78, 5) is 27.8. The van der Waals surface area contributed by atoms with Gasteiger partial charge in [-0.3, -0.25) is 4.52 Å². The predicted molar refractivity (Wildman–Crippen MR) is 89.9 cm³/mol. The number of carbonyl (C=O) groups excluding carboxylic acids is 1. The Bertz CT molecular complexity index is 352. The summed E-state index contributed by atoms with van der Waals surface area (Å²) in [5, 5.41) is 0. The largest absolute Gasteiger partial charge is 0.469 e. The number of esters is 1. The average Bonchev–Trinajstić information content (AvgIpc) is 2.49. The van der Waals surface area contributed by atoms with Crippen LogP contribution in [0.5, 0.6) is 0 Å². The van der Waals surface area contributed by atoms with Gasteiger partial charge in [0.05, 0.1) is 13.2 Å². The molecule has 0 saturated heterocycles. The van der Waals surface area contributed by atoms with Crippen molar-refractivity contribution < 1.29 is 28.4 Å². The minimum absolute atomic E-state index is 0.131. The zero-order chi connectivity index (χ0) is 17.4. The molecule has 0 bridgehead atoms. The van der Waals surface area contributed by atoms with Gasteiger partial charge < -0.3 is 14.5 Å². The number of ether oxygens (including phenoxy) is 1. The molecule has 0 fully saturated rings. The number of hydrogen-bond donors (Lipinski definition) is 2. The van der Waals surface area contributed by atoms with E-state index >= 15 is 0 Å². The molecule has 23 heavy (non-hydrogen) atoms. The predicted octanol–water partition coefficient (Wildman–Crippen LogP) is 4.12. The first-order chi connectivity index (χ1) is 11.0. The third-order valence-electron chi connectivity index (χ3n) is 3.46. The van der Waals surface area contributed by atoms with Gasteiger partial charge in [-0.05, 0) is 12.8 Å². The van der Waals surface area contributed by atoms with Gasteiger partial charge in [-0.1, -0.05) is 64.4 Å². The maximum absolute atomic E-state index is 10.8. The van der Waals surface area contributed by atoms with Crippen LogP contribution in [0, 0.1) is 0 Å². The molecule has 0 rings (SSSR count). The maximum Gasteiger partial charge on any atom is 0.469 e. The van der Waals surface area contributed by atoms with Crippen molar-refractivity contribution in [2.75, 3.05) is 13.2 Å². The molecule has 0 aromatic heterocycles. The van der Waals surface area contributed by atoms with E-state index in [9.17, 15) is 9.36 Å². The van der Waals surface area contributed by atoms with Crippen molar-refractivity contribution in [3.05, 3.63) is 12.7 Å². The highest BCUT2D eigenvalue weighted by molar-refractivity contribution is 7.46. The van der Waals surface area contributed by atoms with Gasteiger partial charge in [0, 0.05) is 6.08 Å². The summed E-state index contributed by atoms with van der Waals surface area (Å²) in [6, 6.07) is 0. The van der Waals surface area contributed by atoms with Crippen LogP contribution < -0.4 is 0 Å². The normalized spacial score (nSPS) is 11.4. The van der Waals surface area contributed by atoms with Crippen LogP contribution in [0.15, 0.2) is 12.7 Å². The van der Waals surface area contributed by atoms with E-state index in [1.807, 2.05) is 0 Å². The third-order valence-corrected chi connectivity index (χ3v) is 3.98. The van der Waals surface area contributed by atoms with Crippen molar-refractivity contribution in [1.82, 2.24) is 0 Å². The molecule has 2 N–H and O–H groups in total. The van der Waals surface area contributed by atoms with Crippen molar-refractivity contribution in [2.45, 2.75) is 70.6 Å². The van der Waals surface area contributed by atoms with Crippen LogP contribution in [0.25, 0.3) is 0 Å². The van der Waals surface area contributed by atoms with Gasteiger partial charge in [-0.15, -0.1) is 0 Å². The summed E-state index contributed by atoms with van der Waals surface area (Å²) in [6.45, 7) is 3.96. The Kier molecular flexibility index (Phi) is 14.4. The monoisotopic (exact) mass is 350 g/mol. The highest BCUT2D eigenvalue weighted by Crippen LogP contribution is 2.35. The van der Waals surface area contributed by atoms with Gasteiger partial charge in [0.1, 0.15) is 0 Å². The Balaban J connectivity index is 3.09. The van der Waals surface area contributed by atoms with Gasteiger partial charge >= 0.3 is 13.8 Å². The Labute approximate surface area is 139 Å². The molecule has 0 radical (unpaired) electrons. The summed E-state index contributed by atoms with van der Waals surface area (Å²) in [5.74, 6) is -0.349. The van der Waals surface area contributed by atoms with E-state index in [2.05, 4.69) is 11.1 Å². The molecule has 0 unspecified atom stereocenters.